The van der Waals surface area contributed by atoms with E-state index in [9.17, 15) is 23.6 Å². The Bertz CT molecular complexity index is 1460. The van der Waals surface area contributed by atoms with Crippen LogP contribution >= 0.6 is 0 Å². The van der Waals surface area contributed by atoms with Crippen LogP contribution in [0.1, 0.15) is 61.2 Å². The minimum Gasteiger partial charge on any atom is -0.482 e. The average molecular weight is 540 g/mol. The number of aromatic nitrogens is 2. The van der Waals surface area contributed by atoms with Crippen molar-refractivity contribution in [3.8, 4) is 5.75 Å². The molecule has 3 heterocycles. The Morgan fingerprint density at radius 2 is 1.92 bits per heavy atom. The molecular formula is C27H30FN5O6. The molecule has 12 heteroatoms. The summed E-state index contributed by atoms with van der Waals surface area (Å²) in [5.41, 5.74) is -0.117. The Labute approximate surface area is 224 Å². The highest BCUT2D eigenvalue weighted by Gasteiger charge is 2.30. The molecule has 0 fully saturated rings. The van der Waals surface area contributed by atoms with E-state index in [2.05, 4.69) is 20.9 Å². The molecule has 3 aromatic rings. The van der Waals surface area contributed by atoms with Crippen LogP contribution in [0, 0.1) is 11.7 Å². The number of benzene rings is 1. The lowest BCUT2D eigenvalue weighted by Crippen LogP contribution is -2.47. The second kappa shape index (κ2) is 10.7. The van der Waals surface area contributed by atoms with Crippen LogP contribution in [0.25, 0.3) is 5.65 Å². The number of fused-ring (bicyclic) bond motifs is 2. The molecule has 0 saturated heterocycles. The fraction of sp³-hybridized carbons (Fsp3) is 0.370. The van der Waals surface area contributed by atoms with Gasteiger partial charge in [0.1, 0.15) is 28.8 Å². The van der Waals surface area contributed by atoms with Crippen LogP contribution in [-0.2, 0) is 20.9 Å². The fourth-order valence-electron chi connectivity index (χ4n) is 3.93. The smallest absolute Gasteiger partial charge is 0.329 e. The number of hydrogen-bond acceptors (Lipinski definition) is 7. The number of halogens is 1. The van der Waals surface area contributed by atoms with Crippen molar-refractivity contribution in [1.29, 1.82) is 0 Å². The number of hydrogen-bond donors (Lipinski definition) is 3. The van der Waals surface area contributed by atoms with Gasteiger partial charge in [-0.1, -0.05) is 19.9 Å². The van der Waals surface area contributed by atoms with Crippen molar-refractivity contribution in [1.82, 2.24) is 20.0 Å². The van der Waals surface area contributed by atoms with Gasteiger partial charge in [-0.25, -0.2) is 14.2 Å². The average Bonchev–Trinajstić information content (AvgIpc) is 3.24. The fourth-order valence-corrected chi connectivity index (χ4v) is 3.93. The predicted molar refractivity (Wildman–Crippen MR) is 139 cm³/mol. The molecule has 11 nitrogen and oxygen atoms in total. The summed E-state index contributed by atoms with van der Waals surface area (Å²) in [5, 5.41) is 8.03. The standard InChI is InChI=1S/C27H30FN5O6/c1-14(2)22(26(37)39-27(3,4)5)32-25(36)19-11-18(31-23-16(28)8-9-33(19)23)24(35)29-12-15-6-7-20-17(10-15)30-21(34)13-38-20/h6-11,14,22H,12-13H2,1-5H3,(H,29,35)(H,30,34)(H,32,36)/t22-/m0/s1. The van der Waals surface area contributed by atoms with Crippen molar-refractivity contribution in [2.24, 2.45) is 5.92 Å². The molecule has 0 bridgehead atoms. The van der Waals surface area contributed by atoms with Crippen molar-refractivity contribution in [2.75, 3.05) is 11.9 Å². The summed E-state index contributed by atoms with van der Waals surface area (Å²) in [6.07, 6.45) is 1.32. The highest BCUT2D eigenvalue weighted by atomic mass is 19.1. The Morgan fingerprint density at radius 3 is 2.62 bits per heavy atom. The largest absolute Gasteiger partial charge is 0.482 e. The third-order valence-electron chi connectivity index (χ3n) is 5.78. The first-order valence-electron chi connectivity index (χ1n) is 12.4. The molecule has 0 aliphatic carbocycles. The Balaban J connectivity index is 1.56. The van der Waals surface area contributed by atoms with Gasteiger partial charge in [-0.2, -0.15) is 0 Å². The van der Waals surface area contributed by atoms with Crippen LogP contribution in [0.3, 0.4) is 0 Å². The molecule has 1 aliphatic heterocycles. The number of rotatable bonds is 7. The third kappa shape index (κ3) is 6.33. The molecule has 4 rings (SSSR count). The van der Waals surface area contributed by atoms with Crippen molar-refractivity contribution in [3.63, 3.8) is 0 Å². The Hall–Kier alpha value is -4.48. The predicted octanol–water partition coefficient (Wildman–Crippen LogP) is 2.83. The normalized spacial score (nSPS) is 13.8. The molecule has 0 spiro atoms. The number of carbonyl (C=O) groups is 4. The molecule has 39 heavy (non-hydrogen) atoms. The molecule has 206 valence electrons. The molecule has 0 unspecified atom stereocenters. The zero-order chi connectivity index (χ0) is 28.5. The van der Waals surface area contributed by atoms with Gasteiger partial charge < -0.3 is 25.4 Å². The van der Waals surface area contributed by atoms with E-state index >= 15 is 0 Å². The van der Waals surface area contributed by atoms with E-state index < -0.39 is 35.2 Å². The van der Waals surface area contributed by atoms with Gasteiger partial charge >= 0.3 is 5.97 Å². The molecule has 3 amide bonds. The molecule has 1 aliphatic rings. The molecule has 0 radical (unpaired) electrons. The van der Waals surface area contributed by atoms with Crippen molar-refractivity contribution in [2.45, 2.75) is 52.8 Å². The summed E-state index contributed by atoms with van der Waals surface area (Å²) in [5.74, 6) is -2.78. The van der Waals surface area contributed by atoms with Crippen LogP contribution in [0.15, 0.2) is 36.5 Å². The van der Waals surface area contributed by atoms with Gasteiger partial charge in [0.2, 0.25) is 0 Å². The number of esters is 1. The summed E-state index contributed by atoms with van der Waals surface area (Å²) in [4.78, 5) is 54.7. The molecule has 1 atom stereocenters. The van der Waals surface area contributed by atoms with Crippen molar-refractivity contribution >= 4 is 35.0 Å². The molecule has 0 saturated carbocycles. The molecule has 2 aromatic heterocycles. The van der Waals surface area contributed by atoms with Crippen LogP contribution in [-0.4, -0.2) is 51.3 Å². The van der Waals surface area contributed by atoms with E-state index in [-0.39, 0.29) is 42.0 Å². The highest BCUT2D eigenvalue weighted by molar-refractivity contribution is 6.00. The summed E-state index contributed by atoms with van der Waals surface area (Å²) in [6.45, 7) is 8.66. The number of nitrogens with zero attached hydrogens (tertiary/aromatic N) is 2. The minimum absolute atomic E-state index is 0.0634. The first kappa shape index (κ1) is 27.6. The lowest BCUT2D eigenvalue weighted by atomic mass is 10.0. The van der Waals surface area contributed by atoms with Crippen LogP contribution in [0.5, 0.6) is 5.75 Å². The van der Waals surface area contributed by atoms with Gasteiger partial charge in [-0.15, -0.1) is 0 Å². The first-order chi connectivity index (χ1) is 18.3. The van der Waals surface area contributed by atoms with Crippen LogP contribution < -0.4 is 20.7 Å². The Kier molecular flexibility index (Phi) is 7.57. The Morgan fingerprint density at radius 1 is 1.18 bits per heavy atom. The van der Waals surface area contributed by atoms with Gasteiger partial charge in [0.05, 0.1) is 5.69 Å². The van der Waals surface area contributed by atoms with E-state index in [0.717, 1.165) is 6.07 Å². The van der Waals surface area contributed by atoms with Gasteiger partial charge in [0.15, 0.2) is 18.1 Å². The lowest BCUT2D eigenvalue weighted by molar-refractivity contribution is -0.158. The molecule has 1 aromatic carbocycles. The monoisotopic (exact) mass is 539 g/mol. The maximum atomic E-state index is 14.5. The van der Waals surface area contributed by atoms with Crippen LogP contribution in [0.4, 0.5) is 10.1 Å². The van der Waals surface area contributed by atoms with Gasteiger partial charge in [0.25, 0.3) is 17.7 Å². The zero-order valence-corrected chi connectivity index (χ0v) is 22.3. The number of nitrogens with one attached hydrogen (secondary N) is 3. The number of ether oxygens (including phenoxy) is 2. The highest BCUT2D eigenvalue weighted by Crippen LogP contribution is 2.28. The third-order valence-corrected chi connectivity index (χ3v) is 5.78. The minimum atomic E-state index is -0.980. The lowest BCUT2D eigenvalue weighted by Gasteiger charge is -2.26. The number of amides is 3. The van der Waals surface area contributed by atoms with E-state index in [0.29, 0.717) is 17.0 Å². The maximum Gasteiger partial charge on any atom is 0.329 e. The zero-order valence-electron chi connectivity index (χ0n) is 22.3. The SMILES string of the molecule is CC(C)[C@H](NC(=O)c1cc(C(=O)NCc2ccc3c(c2)NC(=O)CO3)nc2c(F)ccn12)C(=O)OC(C)(C)C. The topological polar surface area (TPSA) is 140 Å². The van der Waals surface area contributed by atoms with Crippen molar-refractivity contribution < 1.29 is 33.0 Å². The second-order valence-corrected chi connectivity index (χ2v) is 10.5. The maximum absolute atomic E-state index is 14.5. The van der Waals surface area contributed by atoms with E-state index in [1.54, 1.807) is 52.8 Å². The summed E-state index contributed by atoms with van der Waals surface area (Å²) in [6, 6.07) is 6.43. The van der Waals surface area contributed by atoms with Gasteiger partial charge in [-0.3, -0.25) is 18.8 Å². The summed E-state index contributed by atoms with van der Waals surface area (Å²) >= 11 is 0. The molecular weight excluding hydrogens is 509 g/mol. The molecule has 3 N–H and O–H groups in total. The number of anilines is 1. The first-order valence-corrected chi connectivity index (χ1v) is 12.4. The van der Waals surface area contributed by atoms with E-state index in [1.165, 1.54) is 16.7 Å². The van der Waals surface area contributed by atoms with Crippen molar-refractivity contribution in [3.05, 3.63) is 59.3 Å². The van der Waals surface area contributed by atoms with E-state index in [1.807, 2.05) is 0 Å². The van der Waals surface area contributed by atoms with E-state index in [4.69, 9.17) is 9.47 Å². The van der Waals surface area contributed by atoms with Crippen LogP contribution in [0.2, 0.25) is 0 Å². The van der Waals surface area contributed by atoms with Gasteiger partial charge in [-0.05, 0) is 56.5 Å². The quantitative estimate of drug-likeness (QED) is 0.392. The summed E-state index contributed by atoms with van der Waals surface area (Å²) < 4.78 is 26.5. The number of carbonyl (C=O) groups excluding carboxylic acids is 4. The summed E-state index contributed by atoms with van der Waals surface area (Å²) in [7, 11) is 0. The van der Waals surface area contributed by atoms with Gasteiger partial charge in [0, 0.05) is 12.7 Å². The second-order valence-electron chi connectivity index (χ2n) is 10.5.